The van der Waals surface area contributed by atoms with Gasteiger partial charge in [0.05, 0.1) is 0 Å². The first-order valence-corrected chi connectivity index (χ1v) is 4.82. The van der Waals surface area contributed by atoms with E-state index in [0.29, 0.717) is 10.0 Å². The fraction of sp³-hybridized carbons (Fsp3) is 0. The van der Waals surface area contributed by atoms with Gasteiger partial charge in [-0.15, -0.1) is 0 Å². The van der Waals surface area contributed by atoms with Gasteiger partial charge in [-0.05, 0) is 18.2 Å². The summed E-state index contributed by atoms with van der Waals surface area (Å²) < 4.78 is 0.946. The molecule has 0 aliphatic heterocycles. The lowest BCUT2D eigenvalue weighted by Gasteiger charge is -1.90. The molecule has 2 aromatic rings. The number of hydrogen-bond donors (Lipinski definition) is 1. The molecule has 0 spiro atoms. The smallest absolute Gasteiger partial charge is 0.191 e. The van der Waals surface area contributed by atoms with Crippen molar-refractivity contribution in [3.63, 3.8) is 0 Å². The van der Waals surface area contributed by atoms with E-state index in [9.17, 15) is 5.11 Å². The summed E-state index contributed by atoms with van der Waals surface area (Å²) >= 11 is 12.8. The highest BCUT2D eigenvalue weighted by molar-refractivity contribution is 7.21. The fourth-order valence-corrected chi connectivity index (χ4v) is 2.34. The summed E-state index contributed by atoms with van der Waals surface area (Å²) in [5.74, 6) is 0. The number of rotatable bonds is 0. The van der Waals surface area contributed by atoms with Crippen molar-refractivity contribution in [2.24, 2.45) is 0 Å². The van der Waals surface area contributed by atoms with Gasteiger partial charge in [-0.2, -0.15) is 0 Å². The van der Waals surface area contributed by atoms with Crippen LogP contribution in [0.5, 0.6) is 5.06 Å². The van der Waals surface area contributed by atoms with Crippen LogP contribution in [0.25, 0.3) is 10.1 Å². The number of fused-ring (bicyclic) bond motifs is 1. The summed E-state index contributed by atoms with van der Waals surface area (Å²) in [5, 5.41) is 11.3. The molecule has 1 nitrogen and oxygen atoms in total. The second kappa shape index (κ2) is 2.80. The van der Waals surface area contributed by atoms with Gasteiger partial charge in [-0.25, -0.2) is 0 Å². The molecule has 0 saturated carbocycles. The first-order valence-electron chi connectivity index (χ1n) is 3.25. The average Bonchev–Trinajstić information content (AvgIpc) is 2.31. The first-order chi connectivity index (χ1) is 5.68. The Morgan fingerprint density at radius 3 is 2.75 bits per heavy atom. The molecule has 1 N–H and O–H groups in total. The van der Waals surface area contributed by atoms with Gasteiger partial charge in [0.25, 0.3) is 0 Å². The van der Waals surface area contributed by atoms with Crippen LogP contribution in [0.15, 0.2) is 18.2 Å². The molecule has 2 rings (SSSR count). The van der Waals surface area contributed by atoms with Crippen molar-refractivity contribution >= 4 is 44.6 Å². The second-order valence-electron chi connectivity index (χ2n) is 2.36. The summed E-state index contributed by atoms with van der Waals surface area (Å²) in [5.41, 5.74) is 0. The number of aromatic hydroxyl groups is 1. The Labute approximate surface area is 83.2 Å². The predicted octanol–water partition coefficient (Wildman–Crippen LogP) is 3.91. The van der Waals surface area contributed by atoms with Crippen LogP contribution in [0.3, 0.4) is 0 Å². The van der Waals surface area contributed by atoms with Gasteiger partial charge in [0.2, 0.25) is 0 Å². The lowest BCUT2D eigenvalue weighted by Crippen LogP contribution is -1.64. The van der Waals surface area contributed by atoms with Crippen molar-refractivity contribution in [1.29, 1.82) is 0 Å². The normalized spacial score (nSPS) is 10.8. The molecule has 1 aromatic carbocycles. The van der Waals surface area contributed by atoms with E-state index in [1.54, 1.807) is 12.1 Å². The predicted molar refractivity (Wildman–Crippen MR) is 53.5 cm³/mol. The van der Waals surface area contributed by atoms with Crippen LogP contribution in [-0.2, 0) is 0 Å². The first kappa shape index (κ1) is 8.17. The molecule has 0 unspecified atom stereocenters. The summed E-state index contributed by atoms with van der Waals surface area (Å²) in [6.45, 7) is 0. The molecule has 0 aliphatic carbocycles. The molecule has 1 heterocycles. The standard InChI is InChI=1S/C8H4Cl2OS/c9-4-1-2-6-5(3-4)7(10)8(11)12-6/h1-3,11H. The Balaban J connectivity index is 2.88. The topological polar surface area (TPSA) is 20.2 Å². The Hall–Kier alpha value is -0.440. The molecule has 0 radical (unpaired) electrons. The SMILES string of the molecule is Oc1sc2ccc(Cl)cc2c1Cl. The van der Waals surface area contributed by atoms with E-state index in [0.717, 1.165) is 10.1 Å². The summed E-state index contributed by atoms with van der Waals surface area (Å²) in [4.78, 5) is 0. The molecule has 4 heteroatoms. The lowest BCUT2D eigenvalue weighted by molar-refractivity contribution is 0.491. The largest absolute Gasteiger partial charge is 0.498 e. The van der Waals surface area contributed by atoms with Crippen LogP contribution >= 0.6 is 34.5 Å². The van der Waals surface area contributed by atoms with Gasteiger partial charge in [0.15, 0.2) is 5.06 Å². The van der Waals surface area contributed by atoms with E-state index in [1.807, 2.05) is 6.07 Å². The molecule has 0 saturated heterocycles. The maximum Gasteiger partial charge on any atom is 0.191 e. The van der Waals surface area contributed by atoms with Gasteiger partial charge in [-0.3, -0.25) is 0 Å². The van der Waals surface area contributed by atoms with Crippen molar-refractivity contribution in [2.75, 3.05) is 0 Å². The minimum Gasteiger partial charge on any atom is -0.498 e. The van der Waals surface area contributed by atoms with Crippen LogP contribution in [0.2, 0.25) is 10.0 Å². The molecule has 12 heavy (non-hydrogen) atoms. The summed E-state index contributed by atoms with van der Waals surface area (Å²) in [7, 11) is 0. The maximum atomic E-state index is 9.28. The van der Waals surface area contributed by atoms with Gasteiger partial charge in [0, 0.05) is 15.1 Å². The minimum atomic E-state index is 0.147. The molecular weight excluding hydrogens is 215 g/mol. The molecule has 0 aliphatic rings. The van der Waals surface area contributed by atoms with Gasteiger partial charge < -0.3 is 5.11 Å². The third-order valence-corrected chi connectivity index (χ3v) is 3.28. The average molecular weight is 219 g/mol. The Bertz CT molecular complexity index is 436. The van der Waals surface area contributed by atoms with E-state index in [1.165, 1.54) is 11.3 Å². The quantitative estimate of drug-likeness (QED) is 0.711. The highest BCUT2D eigenvalue weighted by atomic mass is 35.5. The van der Waals surface area contributed by atoms with Crippen molar-refractivity contribution in [2.45, 2.75) is 0 Å². The van der Waals surface area contributed by atoms with Crippen LogP contribution < -0.4 is 0 Å². The molecule has 0 amide bonds. The number of hydrogen-bond acceptors (Lipinski definition) is 2. The van der Waals surface area contributed by atoms with Crippen molar-refractivity contribution in [1.82, 2.24) is 0 Å². The second-order valence-corrected chi connectivity index (χ2v) is 4.21. The highest BCUT2D eigenvalue weighted by Gasteiger charge is 2.08. The van der Waals surface area contributed by atoms with Crippen LogP contribution in [0.1, 0.15) is 0 Å². The van der Waals surface area contributed by atoms with E-state index >= 15 is 0 Å². The molecule has 62 valence electrons. The summed E-state index contributed by atoms with van der Waals surface area (Å²) in [6.07, 6.45) is 0. The number of benzene rings is 1. The Morgan fingerprint density at radius 2 is 2.00 bits per heavy atom. The van der Waals surface area contributed by atoms with Gasteiger partial charge in [-0.1, -0.05) is 34.5 Å². The monoisotopic (exact) mass is 218 g/mol. The zero-order valence-corrected chi connectivity index (χ0v) is 8.17. The Morgan fingerprint density at radius 1 is 1.25 bits per heavy atom. The van der Waals surface area contributed by atoms with Crippen LogP contribution in [-0.4, -0.2) is 5.11 Å². The highest BCUT2D eigenvalue weighted by Crippen LogP contribution is 2.41. The maximum absolute atomic E-state index is 9.28. The molecule has 1 aromatic heterocycles. The zero-order chi connectivity index (χ0) is 8.72. The number of thiophene rings is 1. The van der Waals surface area contributed by atoms with E-state index < -0.39 is 0 Å². The third-order valence-electron chi connectivity index (χ3n) is 1.57. The molecule has 0 atom stereocenters. The number of halogens is 2. The third kappa shape index (κ3) is 1.16. The summed E-state index contributed by atoms with van der Waals surface area (Å²) in [6, 6.07) is 5.36. The van der Waals surface area contributed by atoms with Crippen molar-refractivity contribution in [3.8, 4) is 5.06 Å². The van der Waals surface area contributed by atoms with Gasteiger partial charge in [0.1, 0.15) is 5.02 Å². The van der Waals surface area contributed by atoms with Crippen LogP contribution in [0, 0.1) is 0 Å². The van der Waals surface area contributed by atoms with E-state index in [4.69, 9.17) is 23.2 Å². The van der Waals surface area contributed by atoms with Gasteiger partial charge >= 0.3 is 0 Å². The zero-order valence-electron chi connectivity index (χ0n) is 5.84. The molecule has 0 fully saturated rings. The lowest BCUT2D eigenvalue weighted by atomic mass is 10.3. The minimum absolute atomic E-state index is 0.147. The van der Waals surface area contributed by atoms with E-state index in [2.05, 4.69) is 0 Å². The Kier molecular flexibility index (Phi) is 1.91. The van der Waals surface area contributed by atoms with Crippen molar-refractivity contribution in [3.05, 3.63) is 28.2 Å². The van der Waals surface area contributed by atoms with Crippen LogP contribution in [0.4, 0.5) is 0 Å². The fourth-order valence-electron chi connectivity index (χ4n) is 1.03. The van der Waals surface area contributed by atoms with E-state index in [-0.39, 0.29) is 5.06 Å². The molecule has 0 bridgehead atoms. The molecular formula is C8H4Cl2OS. The van der Waals surface area contributed by atoms with Crippen molar-refractivity contribution < 1.29 is 5.11 Å².